The zero-order valence-corrected chi connectivity index (χ0v) is 19.5. The predicted molar refractivity (Wildman–Crippen MR) is 121 cm³/mol. The maximum Gasteiger partial charge on any atom is 0.397 e. The zero-order valence-electron chi connectivity index (χ0n) is 18.7. The minimum Gasteiger partial charge on any atom is -0.396 e. The van der Waals surface area contributed by atoms with E-state index in [0.29, 0.717) is 6.42 Å². The van der Waals surface area contributed by atoms with Crippen molar-refractivity contribution in [3.63, 3.8) is 0 Å². The van der Waals surface area contributed by atoms with Gasteiger partial charge >= 0.3 is 10.4 Å². The van der Waals surface area contributed by atoms with Gasteiger partial charge in [-0.15, -0.1) is 0 Å². The van der Waals surface area contributed by atoms with Gasteiger partial charge in [-0.2, -0.15) is 8.42 Å². The van der Waals surface area contributed by atoms with E-state index < -0.39 is 16.5 Å². The van der Waals surface area contributed by atoms with Crippen LogP contribution in [0, 0.1) is 0 Å². The van der Waals surface area contributed by atoms with Crippen molar-refractivity contribution in [1.29, 1.82) is 0 Å². The van der Waals surface area contributed by atoms with Crippen molar-refractivity contribution >= 4 is 10.4 Å². The van der Waals surface area contributed by atoms with E-state index in [9.17, 15) is 8.42 Å². The van der Waals surface area contributed by atoms with Crippen LogP contribution in [0.5, 0.6) is 0 Å². The molecule has 0 fully saturated rings. The van der Waals surface area contributed by atoms with Crippen LogP contribution in [0.15, 0.2) is 12.2 Å². The fourth-order valence-corrected chi connectivity index (χ4v) is 4.07. The molecule has 5 nitrogen and oxygen atoms in total. The van der Waals surface area contributed by atoms with Gasteiger partial charge in [0.25, 0.3) is 0 Å². The molecule has 1 atom stereocenters. The number of rotatable bonds is 22. The molecule has 0 amide bonds. The van der Waals surface area contributed by atoms with Crippen molar-refractivity contribution in [2.24, 2.45) is 0 Å². The Kier molecular flexibility index (Phi) is 20.5. The molecule has 0 aliphatic carbocycles. The number of unbranched alkanes of at least 4 members (excludes halogenated alkanes) is 14. The summed E-state index contributed by atoms with van der Waals surface area (Å²) in [6, 6.07) is 0. The summed E-state index contributed by atoms with van der Waals surface area (Å²) in [6.45, 7) is 2.11. The SMILES string of the molecule is CCCCCCCC/C=C\CCCCCCCCCCC(CCO)OS(=O)(=O)O. The highest BCUT2D eigenvalue weighted by molar-refractivity contribution is 7.80. The van der Waals surface area contributed by atoms with Crippen LogP contribution < -0.4 is 0 Å². The second-order valence-corrected chi connectivity index (χ2v) is 9.14. The topological polar surface area (TPSA) is 83.8 Å². The van der Waals surface area contributed by atoms with E-state index in [2.05, 4.69) is 23.3 Å². The van der Waals surface area contributed by atoms with Gasteiger partial charge in [0.05, 0.1) is 6.10 Å². The second kappa shape index (κ2) is 20.8. The van der Waals surface area contributed by atoms with E-state index in [4.69, 9.17) is 9.66 Å². The highest BCUT2D eigenvalue weighted by Crippen LogP contribution is 2.15. The summed E-state index contributed by atoms with van der Waals surface area (Å²) in [5.74, 6) is 0. The Morgan fingerprint density at radius 3 is 1.62 bits per heavy atom. The molecule has 0 radical (unpaired) electrons. The molecule has 0 aliphatic heterocycles. The third-order valence-electron chi connectivity index (χ3n) is 5.25. The van der Waals surface area contributed by atoms with Crippen LogP contribution in [-0.4, -0.2) is 30.8 Å². The molecular weight excluding hydrogens is 388 g/mol. The summed E-state index contributed by atoms with van der Waals surface area (Å²) in [5.41, 5.74) is 0. The standard InChI is InChI=1S/C23H46O5S/c1-2-3-4-5-6-7-8-9-10-11-12-13-14-15-16-17-18-19-20-23(21-22-24)28-29(25,26)27/h9-10,23-24H,2-8,11-22H2,1H3,(H,25,26,27)/b10-9-. The van der Waals surface area contributed by atoms with Crippen LogP contribution >= 0.6 is 0 Å². The molecule has 29 heavy (non-hydrogen) atoms. The van der Waals surface area contributed by atoms with Crippen LogP contribution in [-0.2, 0) is 14.6 Å². The van der Waals surface area contributed by atoms with Gasteiger partial charge in [0.2, 0.25) is 0 Å². The lowest BCUT2D eigenvalue weighted by Crippen LogP contribution is -2.19. The van der Waals surface area contributed by atoms with Gasteiger partial charge in [0.1, 0.15) is 0 Å². The van der Waals surface area contributed by atoms with Gasteiger partial charge in [0, 0.05) is 6.61 Å². The van der Waals surface area contributed by atoms with E-state index >= 15 is 0 Å². The summed E-state index contributed by atoms with van der Waals surface area (Å²) in [5, 5.41) is 8.92. The average molecular weight is 435 g/mol. The first-order chi connectivity index (χ1) is 14.0. The zero-order chi connectivity index (χ0) is 21.6. The quantitative estimate of drug-likeness (QED) is 0.112. The number of aliphatic hydroxyl groups is 1. The van der Waals surface area contributed by atoms with Crippen molar-refractivity contribution in [3.05, 3.63) is 12.2 Å². The summed E-state index contributed by atoms with van der Waals surface area (Å²) >= 11 is 0. The smallest absolute Gasteiger partial charge is 0.396 e. The fraction of sp³-hybridized carbons (Fsp3) is 0.913. The van der Waals surface area contributed by atoms with Gasteiger partial charge in [-0.1, -0.05) is 96.1 Å². The molecule has 0 aliphatic rings. The highest BCUT2D eigenvalue weighted by Gasteiger charge is 2.16. The Balaban J connectivity index is 3.37. The first-order valence-electron chi connectivity index (χ1n) is 11.9. The van der Waals surface area contributed by atoms with E-state index in [1.807, 2.05) is 0 Å². The van der Waals surface area contributed by atoms with Gasteiger partial charge in [-0.05, 0) is 38.5 Å². The molecule has 0 rings (SSSR count). The van der Waals surface area contributed by atoms with Gasteiger partial charge in [0.15, 0.2) is 0 Å². The molecule has 2 N–H and O–H groups in total. The molecule has 0 saturated carbocycles. The fourth-order valence-electron chi connectivity index (χ4n) is 3.53. The molecule has 174 valence electrons. The second-order valence-electron chi connectivity index (χ2n) is 8.09. The van der Waals surface area contributed by atoms with E-state index in [1.165, 1.54) is 83.5 Å². The third kappa shape index (κ3) is 23.7. The van der Waals surface area contributed by atoms with E-state index in [1.54, 1.807) is 0 Å². The molecule has 0 spiro atoms. The average Bonchev–Trinajstić information content (AvgIpc) is 2.66. The number of hydrogen-bond donors (Lipinski definition) is 2. The van der Waals surface area contributed by atoms with E-state index in [0.717, 1.165) is 19.3 Å². The maximum absolute atomic E-state index is 10.8. The summed E-state index contributed by atoms with van der Waals surface area (Å²) in [6.07, 6.45) is 24.8. The van der Waals surface area contributed by atoms with E-state index in [-0.39, 0.29) is 13.0 Å². The number of allylic oxidation sites excluding steroid dienone is 2. The molecule has 1 unspecified atom stereocenters. The van der Waals surface area contributed by atoms with Crippen LogP contribution in [0.4, 0.5) is 0 Å². The van der Waals surface area contributed by atoms with Gasteiger partial charge in [-0.3, -0.25) is 4.55 Å². The lowest BCUT2D eigenvalue weighted by atomic mass is 10.0. The largest absolute Gasteiger partial charge is 0.397 e. The Bertz CT molecular complexity index is 462. The molecule has 0 bridgehead atoms. The van der Waals surface area contributed by atoms with Crippen molar-refractivity contribution < 1.29 is 22.3 Å². The first kappa shape index (κ1) is 28.6. The molecule has 6 heteroatoms. The van der Waals surface area contributed by atoms with Crippen LogP contribution in [0.3, 0.4) is 0 Å². The van der Waals surface area contributed by atoms with Crippen molar-refractivity contribution in [3.8, 4) is 0 Å². The van der Waals surface area contributed by atoms with Crippen LogP contribution in [0.1, 0.15) is 122 Å². The van der Waals surface area contributed by atoms with Crippen molar-refractivity contribution in [2.75, 3.05) is 6.61 Å². The monoisotopic (exact) mass is 434 g/mol. The number of hydrogen-bond acceptors (Lipinski definition) is 4. The third-order valence-corrected chi connectivity index (χ3v) is 5.76. The molecule has 0 heterocycles. The molecule has 0 saturated heterocycles. The van der Waals surface area contributed by atoms with Crippen LogP contribution in [0.25, 0.3) is 0 Å². The lowest BCUT2D eigenvalue weighted by Gasteiger charge is -2.13. The normalized spacial score (nSPS) is 13.3. The Morgan fingerprint density at radius 1 is 0.724 bits per heavy atom. The minimum absolute atomic E-state index is 0.144. The van der Waals surface area contributed by atoms with Crippen LogP contribution in [0.2, 0.25) is 0 Å². The Hall–Kier alpha value is -0.430. The predicted octanol–water partition coefficient (Wildman–Crippen LogP) is 6.76. The maximum atomic E-state index is 10.8. The molecule has 0 aromatic heterocycles. The minimum atomic E-state index is -4.44. The van der Waals surface area contributed by atoms with Gasteiger partial charge in [-0.25, -0.2) is 4.18 Å². The summed E-state index contributed by atoms with van der Waals surface area (Å²) in [7, 11) is -4.44. The van der Waals surface area contributed by atoms with Gasteiger partial charge < -0.3 is 5.11 Å². The highest BCUT2D eigenvalue weighted by atomic mass is 32.3. The Morgan fingerprint density at radius 2 is 1.17 bits per heavy atom. The Labute approximate surface area is 180 Å². The van der Waals surface area contributed by atoms with Crippen molar-refractivity contribution in [2.45, 2.75) is 129 Å². The van der Waals surface area contributed by atoms with Crippen molar-refractivity contribution in [1.82, 2.24) is 0 Å². The molecule has 0 aromatic rings. The molecule has 0 aromatic carbocycles. The summed E-state index contributed by atoms with van der Waals surface area (Å²) in [4.78, 5) is 0. The number of aliphatic hydroxyl groups excluding tert-OH is 1. The molecular formula is C23H46O5S. The lowest BCUT2D eigenvalue weighted by molar-refractivity contribution is 0.133. The first-order valence-corrected chi connectivity index (χ1v) is 13.3. The summed E-state index contributed by atoms with van der Waals surface area (Å²) < 4.78 is 34.8.